The van der Waals surface area contributed by atoms with Crippen LogP contribution in [0.15, 0.2) is 29.3 Å². The third-order valence-corrected chi connectivity index (χ3v) is 2.84. The molecule has 3 heteroatoms. The summed E-state index contributed by atoms with van der Waals surface area (Å²) in [4.78, 5) is 4.43. The van der Waals surface area contributed by atoms with E-state index in [1.54, 1.807) is 11.8 Å². The van der Waals surface area contributed by atoms with E-state index in [0.717, 1.165) is 10.5 Å². The first-order chi connectivity index (χ1) is 5.81. The maximum Gasteiger partial charge on any atom is 0.0466 e. The first-order valence-corrected chi connectivity index (χ1v) is 5.22. The number of H-pyrrole nitrogens is 1. The highest BCUT2D eigenvalue weighted by Gasteiger charge is 2.01. The molecule has 1 heterocycles. The zero-order valence-corrected chi connectivity index (χ0v) is 8.17. The van der Waals surface area contributed by atoms with Gasteiger partial charge in [0.2, 0.25) is 0 Å². The van der Waals surface area contributed by atoms with E-state index in [0.29, 0.717) is 0 Å². The van der Waals surface area contributed by atoms with Crippen LogP contribution in [0, 0.1) is 0 Å². The molecular weight excluding hydrogens is 190 g/mol. The zero-order chi connectivity index (χ0) is 8.55. The van der Waals surface area contributed by atoms with Crippen molar-refractivity contribution in [2.75, 3.05) is 6.26 Å². The fraction of sp³-hybridized carbons (Fsp3) is 0.111. The molecule has 0 aliphatic rings. The fourth-order valence-corrected chi connectivity index (χ4v) is 1.97. The second-order valence-corrected chi connectivity index (χ2v) is 3.83. The van der Waals surface area contributed by atoms with Crippen LogP contribution in [-0.2, 0) is 0 Å². The van der Waals surface area contributed by atoms with Gasteiger partial charge in [0.1, 0.15) is 0 Å². The summed E-state index contributed by atoms with van der Waals surface area (Å²) in [6.07, 6.45) is 4.06. The van der Waals surface area contributed by atoms with E-state index in [2.05, 4.69) is 11.2 Å². The lowest BCUT2D eigenvalue weighted by Crippen LogP contribution is -1.68. The lowest BCUT2D eigenvalue weighted by Gasteiger charge is -1.93. The maximum atomic E-state index is 5.88. The van der Waals surface area contributed by atoms with E-state index in [1.165, 1.54) is 10.3 Å². The minimum Gasteiger partial charge on any atom is -0.360 e. The second kappa shape index (κ2) is 3.04. The smallest absolute Gasteiger partial charge is 0.0466 e. The molecule has 0 aliphatic heterocycles. The van der Waals surface area contributed by atoms with Crippen molar-refractivity contribution < 1.29 is 0 Å². The number of hydrogen-bond donors (Lipinski definition) is 1. The van der Waals surface area contributed by atoms with E-state index >= 15 is 0 Å². The van der Waals surface area contributed by atoms with Crippen LogP contribution >= 0.6 is 23.4 Å². The molecule has 2 rings (SSSR count). The number of rotatable bonds is 1. The molecule has 62 valence electrons. The van der Waals surface area contributed by atoms with Gasteiger partial charge in [0.15, 0.2) is 0 Å². The van der Waals surface area contributed by atoms with Crippen LogP contribution in [0.1, 0.15) is 0 Å². The number of fused-ring (bicyclic) bond motifs is 1. The van der Waals surface area contributed by atoms with Gasteiger partial charge in [-0.25, -0.2) is 0 Å². The van der Waals surface area contributed by atoms with Gasteiger partial charge in [-0.3, -0.25) is 0 Å². The third kappa shape index (κ3) is 1.21. The van der Waals surface area contributed by atoms with E-state index in [-0.39, 0.29) is 0 Å². The summed E-state index contributed by atoms with van der Waals surface area (Å²) in [6, 6.07) is 5.88. The van der Waals surface area contributed by atoms with E-state index in [9.17, 15) is 0 Å². The molecule has 0 atom stereocenters. The number of thioether (sulfide) groups is 1. The van der Waals surface area contributed by atoms with Gasteiger partial charge in [0.05, 0.1) is 0 Å². The van der Waals surface area contributed by atoms with Crippen LogP contribution in [0.2, 0.25) is 5.02 Å². The molecule has 0 fully saturated rings. The van der Waals surface area contributed by atoms with Crippen LogP contribution in [0.25, 0.3) is 10.9 Å². The van der Waals surface area contributed by atoms with Crippen molar-refractivity contribution in [2.24, 2.45) is 0 Å². The van der Waals surface area contributed by atoms with Crippen molar-refractivity contribution in [1.82, 2.24) is 4.98 Å². The standard InChI is InChI=1S/C9H8ClNS/c1-12-9-5-11-8-3-2-6(10)4-7(8)9/h2-5,11H,1H3. The predicted molar refractivity (Wildman–Crippen MR) is 55.1 cm³/mol. The summed E-state index contributed by atoms with van der Waals surface area (Å²) in [5.41, 5.74) is 1.14. The molecule has 0 bridgehead atoms. The summed E-state index contributed by atoms with van der Waals surface area (Å²) in [6.45, 7) is 0. The number of hydrogen-bond acceptors (Lipinski definition) is 1. The van der Waals surface area contributed by atoms with Gasteiger partial charge >= 0.3 is 0 Å². The Hall–Kier alpha value is -0.600. The Morgan fingerprint density at radius 2 is 2.25 bits per heavy atom. The molecule has 1 N–H and O–H groups in total. The van der Waals surface area contributed by atoms with Gasteiger partial charge < -0.3 is 4.98 Å². The highest BCUT2D eigenvalue weighted by Crippen LogP contribution is 2.27. The average Bonchev–Trinajstić information content (AvgIpc) is 2.46. The van der Waals surface area contributed by atoms with Gasteiger partial charge in [-0.15, -0.1) is 11.8 Å². The molecular formula is C9H8ClNS. The lowest BCUT2D eigenvalue weighted by atomic mass is 10.2. The average molecular weight is 198 g/mol. The van der Waals surface area contributed by atoms with Crippen molar-refractivity contribution in [2.45, 2.75) is 4.90 Å². The predicted octanol–water partition coefficient (Wildman–Crippen LogP) is 3.54. The molecule has 0 radical (unpaired) electrons. The SMILES string of the molecule is CSc1c[nH]c2ccc(Cl)cc12. The van der Waals surface area contributed by atoms with Crippen LogP contribution in [0.4, 0.5) is 0 Å². The molecule has 0 saturated heterocycles. The molecule has 0 amide bonds. The Morgan fingerprint density at radius 3 is 3.00 bits per heavy atom. The number of nitrogens with one attached hydrogen (secondary N) is 1. The molecule has 0 saturated carbocycles. The van der Waals surface area contributed by atoms with Gasteiger partial charge in [-0.2, -0.15) is 0 Å². The van der Waals surface area contributed by atoms with E-state index in [4.69, 9.17) is 11.6 Å². The Morgan fingerprint density at radius 1 is 1.42 bits per heavy atom. The molecule has 1 nitrogen and oxygen atoms in total. The number of aromatic nitrogens is 1. The fourth-order valence-electron chi connectivity index (χ4n) is 1.24. The summed E-state index contributed by atoms with van der Waals surface area (Å²) >= 11 is 7.61. The minimum absolute atomic E-state index is 0.789. The van der Waals surface area contributed by atoms with Gasteiger partial charge in [-0.1, -0.05) is 11.6 Å². The van der Waals surface area contributed by atoms with Crippen molar-refractivity contribution in [3.63, 3.8) is 0 Å². The summed E-state index contributed by atoms with van der Waals surface area (Å²) in [5.74, 6) is 0. The van der Waals surface area contributed by atoms with Gasteiger partial charge in [0, 0.05) is 27.0 Å². The van der Waals surface area contributed by atoms with Crippen LogP contribution < -0.4 is 0 Å². The molecule has 12 heavy (non-hydrogen) atoms. The first-order valence-electron chi connectivity index (χ1n) is 3.62. The highest BCUT2D eigenvalue weighted by molar-refractivity contribution is 7.98. The first kappa shape index (κ1) is 8.02. The quantitative estimate of drug-likeness (QED) is 0.692. The van der Waals surface area contributed by atoms with Crippen LogP contribution in [0.5, 0.6) is 0 Å². The largest absolute Gasteiger partial charge is 0.360 e. The highest BCUT2D eigenvalue weighted by atomic mass is 35.5. The number of aromatic amines is 1. The number of halogens is 1. The molecule has 0 aliphatic carbocycles. The third-order valence-electron chi connectivity index (χ3n) is 1.83. The Kier molecular flexibility index (Phi) is 2.03. The van der Waals surface area contributed by atoms with E-state index in [1.807, 2.05) is 24.4 Å². The normalized spacial score (nSPS) is 10.8. The monoisotopic (exact) mass is 197 g/mol. The zero-order valence-electron chi connectivity index (χ0n) is 6.60. The number of benzene rings is 1. The van der Waals surface area contributed by atoms with Crippen molar-refractivity contribution in [1.29, 1.82) is 0 Å². The summed E-state index contributed by atoms with van der Waals surface area (Å²) in [7, 11) is 0. The van der Waals surface area contributed by atoms with Crippen LogP contribution in [0.3, 0.4) is 0 Å². The molecule has 1 aromatic carbocycles. The summed E-state index contributed by atoms with van der Waals surface area (Å²) in [5, 5.41) is 1.99. The minimum atomic E-state index is 0.789. The van der Waals surface area contributed by atoms with Crippen molar-refractivity contribution in [3.05, 3.63) is 29.4 Å². The van der Waals surface area contributed by atoms with E-state index < -0.39 is 0 Å². The van der Waals surface area contributed by atoms with Crippen molar-refractivity contribution in [3.8, 4) is 0 Å². The molecule has 1 aromatic heterocycles. The van der Waals surface area contributed by atoms with Crippen molar-refractivity contribution >= 4 is 34.3 Å². The molecule has 0 unspecified atom stereocenters. The lowest BCUT2D eigenvalue weighted by molar-refractivity contribution is 1.42. The Labute approximate surface area is 80.1 Å². The molecule has 2 aromatic rings. The maximum absolute atomic E-state index is 5.88. The second-order valence-electron chi connectivity index (χ2n) is 2.55. The topological polar surface area (TPSA) is 15.8 Å². The van der Waals surface area contributed by atoms with Gasteiger partial charge in [-0.05, 0) is 24.5 Å². The Balaban J connectivity index is 2.75. The van der Waals surface area contributed by atoms with Crippen LogP contribution in [-0.4, -0.2) is 11.2 Å². The van der Waals surface area contributed by atoms with Gasteiger partial charge in [0.25, 0.3) is 0 Å². The Bertz CT molecular complexity index is 408. The summed E-state index contributed by atoms with van der Waals surface area (Å²) < 4.78 is 0. The molecule has 0 spiro atoms.